The quantitative estimate of drug-likeness (QED) is 0.139. The molecule has 0 heterocycles. The monoisotopic (exact) mass is 522 g/mol. The fourth-order valence-corrected chi connectivity index (χ4v) is 2.62. The van der Waals surface area contributed by atoms with Crippen molar-refractivity contribution < 1.29 is 48.6 Å². The number of nitro benzene ring substituents is 1. The zero-order valence-corrected chi connectivity index (χ0v) is 18.9. The maximum Gasteiger partial charge on any atom is 0.307 e. The second-order valence-corrected chi connectivity index (χ2v) is 7.74. The van der Waals surface area contributed by atoms with E-state index in [0.29, 0.717) is 0 Å². The van der Waals surface area contributed by atoms with Gasteiger partial charge in [-0.05, 0) is 17.7 Å². The first-order valence-corrected chi connectivity index (χ1v) is 10.4. The first-order chi connectivity index (χ1) is 15.9. The topological polar surface area (TPSA) is 199 Å². The summed E-state index contributed by atoms with van der Waals surface area (Å²) >= 11 is 11.1. The minimum Gasteiger partial charge on any atom is -0.481 e. The smallest absolute Gasteiger partial charge is 0.307 e. The molecule has 34 heavy (non-hydrogen) atoms. The van der Waals surface area contributed by atoms with Crippen LogP contribution in [0.4, 0.5) is 5.69 Å². The summed E-state index contributed by atoms with van der Waals surface area (Å²) in [5.74, 6) is -5.40. The molecule has 3 N–H and O–H groups in total. The summed E-state index contributed by atoms with van der Waals surface area (Å²) in [6.07, 6.45) is -3.50. The van der Waals surface area contributed by atoms with Crippen LogP contribution in [0.2, 0.25) is 0 Å². The number of rotatable bonds is 14. The number of carbonyl (C=O) groups excluding carboxylic acids is 3. The zero-order chi connectivity index (χ0) is 25.8. The van der Waals surface area contributed by atoms with E-state index in [1.165, 1.54) is 12.1 Å². The summed E-state index contributed by atoms with van der Waals surface area (Å²) in [5.41, 5.74) is -0.163. The number of nitrogens with zero attached hydrogens (tertiary/aromatic N) is 1. The Labute approximate surface area is 202 Å². The van der Waals surface area contributed by atoms with Gasteiger partial charge in [-0.25, -0.2) is 0 Å². The molecule has 0 bridgehead atoms. The van der Waals surface area contributed by atoms with Crippen LogP contribution in [0.5, 0.6) is 0 Å². The van der Waals surface area contributed by atoms with Gasteiger partial charge in [0.1, 0.15) is 12.6 Å². The van der Waals surface area contributed by atoms with Crippen LogP contribution in [0, 0.1) is 10.1 Å². The summed E-state index contributed by atoms with van der Waals surface area (Å²) in [6, 6.07) is 3.31. The van der Waals surface area contributed by atoms with Crippen molar-refractivity contribution in [2.24, 2.45) is 0 Å². The number of esters is 2. The maximum atomic E-state index is 12.2. The van der Waals surface area contributed by atoms with E-state index < -0.39 is 84.0 Å². The number of carbonyl (C=O) groups is 5. The van der Waals surface area contributed by atoms with Crippen molar-refractivity contribution in [2.45, 2.75) is 42.7 Å². The van der Waals surface area contributed by atoms with Crippen LogP contribution in [0.15, 0.2) is 24.3 Å². The standard InChI is InChI=1S/C19H20Cl2N2O11/c20-18(21)19(30)22-12(9-33-15(28)7-5-13(24)25)17(34-16(29)8-6-14(26)27)10-1-3-11(4-2-10)23(31)32/h1-4,12,17-18H,5-9H2,(H,22,30)(H,24,25)(H,26,27)/t12-,17-/m1/s1. The predicted octanol–water partition coefficient (Wildman–Crippen LogP) is 1.74. The van der Waals surface area contributed by atoms with E-state index in [2.05, 4.69) is 5.32 Å². The lowest BCUT2D eigenvalue weighted by molar-refractivity contribution is -0.384. The highest BCUT2D eigenvalue weighted by Gasteiger charge is 2.32. The Bertz CT molecular complexity index is 921. The van der Waals surface area contributed by atoms with Crippen LogP contribution < -0.4 is 5.32 Å². The van der Waals surface area contributed by atoms with E-state index in [1.807, 2.05) is 0 Å². The second kappa shape index (κ2) is 14.0. The first-order valence-electron chi connectivity index (χ1n) is 9.52. The van der Waals surface area contributed by atoms with E-state index in [9.17, 15) is 34.1 Å². The maximum absolute atomic E-state index is 12.2. The molecular formula is C19H20Cl2N2O11. The molecule has 15 heteroatoms. The largest absolute Gasteiger partial charge is 0.481 e. The van der Waals surface area contributed by atoms with Crippen molar-refractivity contribution >= 4 is 58.7 Å². The van der Waals surface area contributed by atoms with Gasteiger partial charge in [0, 0.05) is 12.1 Å². The van der Waals surface area contributed by atoms with Crippen LogP contribution in [-0.2, 0) is 33.4 Å². The van der Waals surface area contributed by atoms with Crippen molar-refractivity contribution in [2.75, 3.05) is 6.61 Å². The van der Waals surface area contributed by atoms with Crippen LogP contribution in [0.3, 0.4) is 0 Å². The molecular weight excluding hydrogens is 503 g/mol. The Kier molecular flexibility index (Phi) is 11.7. The first kappa shape index (κ1) is 28.6. The molecule has 0 aliphatic rings. The number of alkyl halides is 2. The van der Waals surface area contributed by atoms with Gasteiger partial charge in [-0.1, -0.05) is 23.2 Å². The van der Waals surface area contributed by atoms with Gasteiger partial charge in [-0.3, -0.25) is 34.1 Å². The van der Waals surface area contributed by atoms with E-state index in [4.69, 9.17) is 42.9 Å². The summed E-state index contributed by atoms with van der Waals surface area (Å²) in [6.45, 7) is -0.626. The highest BCUT2D eigenvalue weighted by Crippen LogP contribution is 2.26. The van der Waals surface area contributed by atoms with E-state index in [0.717, 1.165) is 12.1 Å². The lowest BCUT2D eigenvalue weighted by atomic mass is 10.0. The third-order valence-corrected chi connectivity index (χ3v) is 4.49. The second-order valence-electron chi connectivity index (χ2n) is 6.65. The minimum atomic E-state index is -1.56. The third-order valence-electron chi connectivity index (χ3n) is 4.09. The van der Waals surface area contributed by atoms with Crippen molar-refractivity contribution in [3.8, 4) is 0 Å². The Morgan fingerprint density at radius 2 is 1.47 bits per heavy atom. The molecule has 0 aromatic heterocycles. The van der Waals surface area contributed by atoms with Crippen LogP contribution in [0.1, 0.15) is 37.4 Å². The molecule has 0 aliphatic heterocycles. The number of aliphatic carboxylic acids is 2. The summed E-state index contributed by atoms with van der Waals surface area (Å²) in [5, 5.41) is 30.7. The van der Waals surface area contributed by atoms with Crippen LogP contribution >= 0.6 is 23.2 Å². The van der Waals surface area contributed by atoms with Crippen molar-refractivity contribution in [1.29, 1.82) is 0 Å². The van der Waals surface area contributed by atoms with Gasteiger partial charge < -0.3 is 25.0 Å². The third kappa shape index (κ3) is 10.4. The average molecular weight is 523 g/mol. The Morgan fingerprint density at radius 1 is 0.941 bits per heavy atom. The number of hydrogen-bond donors (Lipinski definition) is 3. The molecule has 0 fully saturated rings. The number of non-ortho nitro benzene ring substituents is 1. The number of ether oxygens (including phenoxy) is 2. The summed E-state index contributed by atoms with van der Waals surface area (Å²) in [7, 11) is 0. The Morgan fingerprint density at radius 3 is 1.94 bits per heavy atom. The normalized spacial score (nSPS) is 12.3. The summed E-state index contributed by atoms with van der Waals surface area (Å²) in [4.78, 5) is 66.2. The molecule has 1 aromatic carbocycles. The molecule has 13 nitrogen and oxygen atoms in total. The number of hydrogen-bond acceptors (Lipinski definition) is 9. The summed E-state index contributed by atoms with van der Waals surface area (Å²) < 4.78 is 10.3. The van der Waals surface area contributed by atoms with Gasteiger partial charge in [0.05, 0.1) is 30.6 Å². The number of halogens is 2. The Balaban J connectivity index is 3.22. The van der Waals surface area contributed by atoms with E-state index in [-0.39, 0.29) is 11.3 Å². The highest BCUT2D eigenvalue weighted by molar-refractivity contribution is 6.53. The zero-order valence-electron chi connectivity index (χ0n) is 17.3. The molecule has 1 aromatic rings. The molecule has 0 saturated carbocycles. The van der Waals surface area contributed by atoms with Crippen LogP contribution in [0.25, 0.3) is 0 Å². The molecule has 186 valence electrons. The van der Waals surface area contributed by atoms with Crippen molar-refractivity contribution in [3.63, 3.8) is 0 Å². The van der Waals surface area contributed by atoms with Crippen molar-refractivity contribution in [3.05, 3.63) is 39.9 Å². The number of amides is 1. The molecule has 0 aliphatic carbocycles. The van der Waals surface area contributed by atoms with Gasteiger partial charge in [0.2, 0.25) is 0 Å². The number of carboxylic acids is 2. The molecule has 0 radical (unpaired) electrons. The molecule has 1 rings (SSSR count). The average Bonchev–Trinajstić information content (AvgIpc) is 2.77. The number of carboxylic acid groups (broad SMARTS) is 2. The molecule has 0 unspecified atom stereocenters. The fraction of sp³-hybridized carbons (Fsp3) is 0.421. The predicted molar refractivity (Wildman–Crippen MR) is 114 cm³/mol. The van der Waals surface area contributed by atoms with Crippen molar-refractivity contribution in [1.82, 2.24) is 5.32 Å². The lowest BCUT2D eigenvalue weighted by Crippen LogP contribution is -2.46. The molecule has 0 saturated heterocycles. The van der Waals surface area contributed by atoms with Gasteiger partial charge in [0.25, 0.3) is 11.6 Å². The van der Waals surface area contributed by atoms with E-state index in [1.54, 1.807) is 0 Å². The highest BCUT2D eigenvalue weighted by atomic mass is 35.5. The SMILES string of the molecule is O=C(O)CCC(=O)OC[C@@H](NC(=O)C(Cl)Cl)[C@H](OC(=O)CCC(=O)O)c1ccc([N+](=O)[O-])cc1. The molecule has 2 atom stereocenters. The van der Waals surface area contributed by atoms with Gasteiger partial charge >= 0.3 is 23.9 Å². The van der Waals surface area contributed by atoms with Gasteiger partial charge in [-0.15, -0.1) is 0 Å². The number of nitro groups is 1. The van der Waals surface area contributed by atoms with Crippen LogP contribution in [-0.4, -0.2) is 62.4 Å². The van der Waals surface area contributed by atoms with Gasteiger partial charge in [0.15, 0.2) is 10.9 Å². The number of benzene rings is 1. The lowest BCUT2D eigenvalue weighted by Gasteiger charge is -2.28. The molecule has 0 spiro atoms. The minimum absolute atomic E-state index is 0.127. The van der Waals surface area contributed by atoms with E-state index >= 15 is 0 Å². The Hall–Kier alpha value is -3.45. The number of nitrogens with one attached hydrogen (secondary N) is 1. The van der Waals surface area contributed by atoms with Gasteiger partial charge in [-0.2, -0.15) is 0 Å². The molecule has 1 amide bonds. The fourth-order valence-electron chi connectivity index (χ4n) is 2.49.